The van der Waals surface area contributed by atoms with Crippen molar-refractivity contribution >= 4 is 11.8 Å². The summed E-state index contributed by atoms with van der Waals surface area (Å²) in [6.07, 6.45) is 10.5. The van der Waals surface area contributed by atoms with Gasteiger partial charge in [0.05, 0.1) is 31.7 Å². The Kier molecular flexibility index (Phi) is 7.82. The molecule has 8 heteroatoms. The van der Waals surface area contributed by atoms with E-state index in [0.717, 1.165) is 70.6 Å². The van der Waals surface area contributed by atoms with Gasteiger partial charge in [-0.05, 0) is 50.5 Å². The summed E-state index contributed by atoms with van der Waals surface area (Å²) in [6, 6.07) is 7.71. The number of hydrogen-bond donors (Lipinski definition) is 1. The number of nitrogens with one attached hydrogen (secondary N) is 1. The van der Waals surface area contributed by atoms with Crippen LogP contribution in [0, 0.1) is 0 Å². The highest BCUT2D eigenvalue weighted by Crippen LogP contribution is 2.34. The number of nitrogens with zero attached hydrogens (tertiary/aromatic N) is 3. The van der Waals surface area contributed by atoms with Crippen molar-refractivity contribution in [2.45, 2.75) is 76.4 Å². The molecule has 1 N–H and O–H groups in total. The Morgan fingerprint density at radius 3 is 2.47 bits per heavy atom. The van der Waals surface area contributed by atoms with Crippen molar-refractivity contribution in [2.24, 2.45) is 0 Å². The van der Waals surface area contributed by atoms with Gasteiger partial charge in [-0.15, -0.1) is 0 Å². The second-order valence-corrected chi connectivity index (χ2v) is 10.7. The molecule has 0 radical (unpaired) electrons. The standard InChI is InChI=1S/C28H40N4O4/c1-28(27(34)29-22-9-5-3-2-4-6-10-22)21-31-23(25-11-7-18-36-25)12-13-24(31)26(33)32(28)15-8-14-30-16-19-35-20-17-30/h7,11-13,18,22H,2-6,8-10,14-17,19-21H2,1H3,(H,29,34)/t28-/m1/s1. The van der Waals surface area contributed by atoms with Gasteiger partial charge in [0.1, 0.15) is 17.0 Å². The third-order valence-electron chi connectivity index (χ3n) is 8.17. The van der Waals surface area contributed by atoms with E-state index < -0.39 is 5.54 Å². The molecule has 0 spiro atoms. The molecule has 2 amide bonds. The molecule has 8 nitrogen and oxygen atoms in total. The maximum atomic E-state index is 14.0. The summed E-state index contributed by atoms with van der Waals surface area (Å²) in [6.45, 7) is 7.14. The highest BCUT2D eigenvalue weighted by molar-refractivity contribution is 6.00. The van der Waals surface area contributed by atoms with E-state index in [-0.39, 0.29) is 17.9 Å². The second-order valence-electron chi connectivity index (χ2n) is 10.7. The van der Waals surface area contributed by atoms with Crippen LogP contribution in [0.1, 0.15) is 68.8 Å². The lowest BCUT2D eigenvalue weighted by molar-refractivity contribution is -0.133. The summed E-state index contributed by atoms with van der Waals surface area (Å²) < 4.78 is 13.1. The summed E-state index contributed by atoms with van der Waals surface area (Å²) in [7, 11) is 0. The Balaban J connectivity index is 1.38. The first-order chi connectivity index (χ1) is 17.6. The maximum Gasteiger partial charge on any atom is 0.271 e. The molecule has 196 valence electrons. The lowest BCUT2D eigenvalue weighted by Gasteiger charge is -2.45. The van der Waals surface area contributed by atoms with E-state index in [4.69, 9.17) is 9.15 Å². The van der Waals surface area contributed by atoms with Crippen molar-refractivity contribution in [3.8, 4) is 11.5 Å². The van der Waals surface area contributed by atoms with E-state index in [0.29, 0.717) is 24.5 Å². The number of fused-ring (bicyclic) bond motifs is 1. The summed E-state index contributed by atoms with van der Waals surface area (Å²) in [5.41, 5.74) is 0.475. The topological polar surface area (TPSA) is 80.0 Å². The van der Waals surface area contributed by atoms with E-state index >= 15 is 0 Å². The molecule has 36 heavy (non-hydrogen) atoms. The molecule has 2 aromatic heterocycles. The van der Waals surface area contributed by atoms with Crippen LogP contribution >= 0.6 is 0 Å². The first-order valence-electron chi connectivity index (χ1n) is 13.7. The van der Waals surface area contributed by atoms with Gasteiger partial charge >= 0.3 is 0 Å². The molecule has 3 aliphatic rings. The quantitative estimate of drug-likeness (QED) is 0.629. The highest BCUT2D eigenvalue weighted by Gasteiger charge is 2.48. The van der Waals surface area contributed by atoms with Crippen LogP contribution in [0.4, 0.5) is 0 Å². The van der Waals surface area contributed by atoms with Crippen molar-refractivity contribution in [3.63, 3.8) is 0 Å². The van der Waals surface area contributed by atoms with E-state index in [9.17, 15) is 9.59 Å². The molecule has 4 heterocycles. The van der Waals surface area contributed by atoms with Crippen LogP contribution in [0.2, 0.25) is 0 Å². The minimum absolute atomic E-state index is 0.0439. The van der Waals surface area contributed by atoms with Crippen LogP contribution in [0.15, 0.2) is 34.9 Å². The van der Waals surface area contributed by atoms with Gasteiger partial charge in [-0.25, -0.2) is 0 Å². The van der Waals surface area contributed by atoms with Crippen molar-refractivity contribution in [1.82, 2.24) is 19.7 Å². The third kappa shape index (κ3) is 5.25. The first-order valence-corrected chi connectivity index (χ1v) is 13.7. The fourth-order valence-corrected chi connectivity index (χ4v) is 5.98. The van der Waals surface area contributed by atoms with Crippen LogP contribution in [0.3, 0.4) is 0 Å². The number of aromatic nitrogens is 1. The van der Waals surface area contributed by atoms with Gasteiger partial charge in [0.15, 0.2) is 0 Å². The molecule has 0 unspecified atom stereocenters. The fraction of sp³-hybridized carbons (Fsp3) is 0.643. The summed E-state index contributed by atoms with van der Waals surface area (Å²) in [5.74, 6) is 0.575. The number of rotatable bonds is 7. The van der Waals surface area contributed by atoms with Gasteiger partial charge < -0.3 is 23.9 Å². The van der Waals surface area contributed by atoms with Crippen LogP contribution < -0.4 is 5.32 Å². The van der Waals surface area contributed by atoms with E-state index in [1.807, 2.05) is 40.7 Å². The first kappa shape index (κ1) is 25.1. The van der Waals surface area contributed by atoms with E-state index in [1.165, 1.54) is 19.3 Å². The van der Waals surface area contributed by atoms with Gasteiger partial charge in [0.2, 0.25) is 5.91 Å². The SMILES string of the molecule is C[C@]1(C(=O)NC2CCCCCCC2)Cn2c(ccc2-c2ccco2)C(=O)N1CCCN1CCOCC1. The summed E-state index contributed by atoms with van der Waals surface area (Å²) in [5, 5.41) is 3.37. The molecule has 2 fully saturated rings. The number of morpholine rings is 1. The summed E-state index contributed by atoms with van der Waals surface area (Å²) >= 11 is 0. The van der Waals surface area contributed by atoms with Crippen molar-refractivity contribution in [2.75, 3.05) is 39.4 Å². The lowest BCUT2D eigenvalue weighted by atomic mass is 9.92. The zero-order valence-electron chi connectivity index (χ0n) is 21.5. The fourth-order valence-electron chi connectivity index (χ4n) is 5.98. The number of carbonyl (C=O) groups excluding carboxylic acids is 2. The lowest BCUT2D eigenvalue weighted by Crippen LogP contribution is -2.65. The molecule has 2 aliphatic heterocycles. The van der Waals surface area contributed by atoms with Crippen LogP contribution in [-0.2, 0) is 16.1 Å². The summed E-state index contributed by atoms with van der Waals surface area (Å²) in [4.78, 5) is 32.0. The largest absolute Gasteiger partial charge is 0.463 e. The Hall–Kier alpha value is -2.58. The Morgan fingerprint density at radius 2 is 1.75 bits per heavy atom. The van der Waals surface area contributed by atoms with Gasteiger partial charge in [-0.1, -0.05) is 32.1 Å². The van der Waals surface area contributed by atoms with E-state index in [1.54, 1.807) is 6.26 Å². The minimum Gasteiger partial charge on any atom is -0.463 e. The average molecular weight is 497 g/mol. The number of carbonyl (C=O) groups is 2. The molecule has 5 rings (SSSR count). The Labute approximate surface area is 213 Å². The van der Waals surface area contributed by atoms with E-state index in [2.05, 4.69) is 10.2 Å². The van der Waals surface area contributed by atoms with Crippen molar-refractivity contribution < 1.29 is 18.7 Å². The van der Waals surface area contributed by atoms with Crippen LogP contribution in [0.5, 0.6) is 0 Å². The Bertz CT molecular complexity index is 1020. The monoisotopic (exact) mass is 496 g/mol. The van der Waals surface area contributed by atoms with Gasteiger partial charge in [0, 0.05) is 32.2 Å². The Morgan fingerprint density at radius 1 is 1.03 bits per heavy atom. The zero-order valence-corrected chi connectivity index (χ0v) is 21.5. The average Bonchev–Trinajstić information content (AvgIpc) is 3.53. The van der Waals surface area contributed by atoms with Crippen LogP contribution in [0.25, 0.3) is 11.5 Å². The van der Waals surface area contributed by atoms with Crippen molar-refractivity contribution in [3.05, 3.63) is 36.2 Å². The molecular weight excluding hydrogens is 456 g/mol. The molecule has 1 aliphatic carbocycles. The number of furan rings is 1. The molecule has 1 atom stereocenters. The number of hydrogen-bond acceptors (Lipinski definition) is 5. The molecule has 0 aromatic carbocycles. The molecular formula is C28H40N4O4. The molecule has 2 aromatic rings. The predicted molar refractivity (Wildman–Crippen MR) is 138 cm³/mol. The third-order valence-corrected chi connectivity index (χ3v) is 8.17. The van der Waals surface area contributed by atoms with Crippen LogP contribution in [-0.4, -0.2) is 77.2 Å². The smallest absolute Gasteiger partial charge is 0.271 e. The van der Waals surface area contributed by atoms with Crippen molar-refractivity contribution in [1.29, 1.82) is 0 Å². The zero-order chi connectivity index (χ0) is 25.0. The number of amides is 2. The minimum atomic E-state index is -0.974. The van der Waals surface area contributed by atoms with Gasteiger partial charge in [-0.2, -0.15) is 0 Å². The van der Waals surface area contributed by atoms with Gasteiger partial charge in [0.25, 0.3) is 5.91 Å². The highest BCUT2D eigenvalue weighted by atomic mass is 16.5. The molecule has 0 bridgehead atoms. The predicted octanol–water partition coefficient (Wildman–Crippen LogP) is 3.91. The maximum absolute atomic E-state index is 14.0. The number of ether oxygens (including phenoxy) is 1. The van der Waals surface area contributed by atoms with Gasteiger partial charge in [-0.3, -0.25) is 14.5 Å². The normalized spacial score (nSPS) is 24.2. The molecule has 1 saturated heterocycles. The second kappa shape index (κ2) is 11.2. The molecule has 1 saturated carbocycles.